The van der Waals surface area contributed by atoms with Gasteiger partial charge in [0.2, 0.25) is 0 Å². The molecule has 0 saturated heterocycles. The van der Waals surface area contributed by atoms with Gasteiger partial charge >= 0.3 is 0 Å². The third-order valence-electron chi connectivity index (χ3n) is 3.21. The highest BCUT2D eigenvalue weighted by Crippen LogP contribution is 2.25. The quantitative estimate of drug-likeness (QED) is 0.888. The van der Waals surface area contributed by atoms with Crippen LogP contribution in [0.15, 0.2) is 47.4 Å². The van der Waals surface area contributed by atoms with Crippen LogP contribution in [0.1, 0.15) is 26.3 Å². The summed E-state index contributed by atoms with van der Waals surface area (Å²) in [6.45, 7) is 6.12. The lowest BCUT2D eigenvalue weighted by Crippen LogP contribution is -2.15. The first-order valence-corrected chi connectivity index (χ1v) is 8.54. The van der Waals surface area contributed by atoms with Crippen molar-refractivity contribution in [3.63, 3.8) is 0 Å². The molecule has 6 heteroatoms. The second kappa shape index (κ2) is 5.89. The molecule has 0 aromatic heterocycles. The lowest BCUT2D eigenvalue weighted by atomic mass is 9.87. The molecule has 22 heavy (non-hydrogen) atoms. The average Bonchev–Trinajstić information content (AvgIpc) is 2.41. The van der Waals surface area contributed by atoms with Gasteiger partial charge in [-0.05, 0) is 41.3 Å². The Bertz CT molecular complexity index is 781. The third-order valence-corrected chi connectivity index (χ3v) is 4.82. The Morgan fingerprint density at radius 2 is 1.64 bits per heavy atom. The van der Waals surface area contributed by atoms with E-state index in [0.717, 1.165) is 11.6 Å². The average molecular weight is 342 g/mol. The van der Waals surface area contributed by atoms with Crippen LogP contribution in [0.2, 0.25) is 5.02 Å². The van der Waals surface area contributed by atoms with Crippen LogP contribution >= 0.6 is 11.6 Å². The Labute approximate surface area is 135 Å². The Morgan fingerprint density at radius 3 is 2.14 bits per heavy atom. The molecule has 0 heterocycles. The van der Waals surface area contributed by atoms with Gasteiger partial charge in [0.15, 0.2) is 0 Å². The number of nitrogens with one attached hydrogen (secondary N) is 1. The summed E-state index contributed by atoms with van der Waals surface area (Å²) in [6.07, 6.45) is 0. The van der Waals surface area contributed by atoms with Crippen LogP contribution in [-0.2, 0) is 15.4 Å². The molecule has 2 aromatic carbocycles. The second-order valence-corrected chi connectivity index (χ2v) is 8.12. The zero-order chi connectivity index (χ0) is 16.5. The standard InChI is InChI=1S/C16H17ClFNO2S/c1-16(2,3)11-4-7-13(8-5-11)22(20,21)19-15-9-6-12(17)10-14(15)18/h4-10,19H,1-3H3. The van der Waals surface area contributed by atoms with Crippen LogP contribution < -0.4 is 4.72 Å². The summed E-state index contributed by atoms with van der Waals surface area (Å²) in [4.78, 5) is 0.0786. The van der Waals surface area contributed by atoms with Gasteiger partial charge in [-0.25, -0.2) is 12.8 Å². The first-order valence-electron chi connectivity index (χ1n) is 6.68. The topological polar surface area (TPSA) is 46.2 Å². The van der Waals surface area contributed by atoms with E-state index in [0.29, 0.717) is 0 Å². The number of halogens is 2. The molecular weight excluding hydrogens is 325 g/mol. The molecule has 3 nitrogen and oxygen atoms in total. The Morgan fingerprint density at radius 1 is 1.05 bits per heavy atom. The van der Waals surface area contributed by atoms with Crippen molar-refractivity contribution in [2.45, 2.75) is 31.1 Å². The van der Waals surface area contributed by atoms with Gasteiger partial charge < -0.3 is 0 Å². The number of rotatable bonds is 3. The van der Waals surface area contributed by atoms with E-state index in [2.05, 4.69) is 4.72 Å². The van der Waals surface area contributed by atoms with Crippen molar-refractivity contribution in [1.82, 2.24) is 0 Å². The molecule has 2 rings (SSSR count). The number of benzene rings is 2. The van der Waals surface area contributed by atoms with E-state index in [4.69, 9.17) is 11.6 Å². The van der Waals surface area contributed by atoms with E-state index in [1.807, 2.05) is 20.8 Å². The number of anilines is 1. The summed E-state index contributed by atoms with van der Waals surface area (Å²) in [7, 11) is -3.84. The van der Waals surface area contributed by atoms with Crippen LogP contribution in [0.4, 0.5) is 10.1 Å². The Hall–Kier alpha value is -1.59. The fourth-order valence-electron chi connectivity index (χ4n) is 1.91. The third kappa shape index (κ3) is 3.78. The van der Waals surface area contributed by atoms with Gasteiger partial charge in [-0.2, -0.15) is 0 Å². The van der Waals surface area contributed by atoms with E-state index >= 15 is 0 Å². The van der Waals surface area contributed by atoms with Crippen molar-refractivity contribution in [3.05, 3.63) is 58.9 Å². The van der Waals surface area contributed by atoms with E-state index in [1.54, 1.807) is 12.1 Å². The molecule has 2 aromatic rings. The minimum Gasteiger partial charge on any atom is -0.277 e. The van der Waals surface area contributed by atoms with Gasteiger partial charge in [0.1, 0.15) is 5.82 Å². The first kappa shape index (κ1) is 16.8. The van der Waals surface area contributed by atoms with Crippen LogP contribution in [0, 0.1) is 5.82 Å². The lowest BCUT2D eigenvalue weighted by molar-refractivity contribution is 0.587. The highest BCUT2D eigenvalue weighted by atomic mass is 35.5. The maximum absolute atomic E-state index is 13.7. The van der Waals surface area contributed by atoms with Crippen molar-refractivity contribution >= 4 is 27.3 Å². The van der Waals surface area contributed by atoms with Crippen molar-refractivity contribution in [3.8, 4) is 0 Å². The van der Waals surface area contributed by atoms with Gasteiger partial charge in [-0.1, -0.05) is 44.5 Å². The van der Waals surface area contributed by atoms with E-state index in [9.17, 15) is 12.8 Å². The molecule has 0 amide bonds. The number of sulfonamides is 1. The predicted octanol–water partition coefficient (Wildman–Crippen LogP) is 4.58. The zero-order valence-corrected chi connectivity index (χ0v) is 14.1. The fourth-order valence-corrected chi connectivity index (χ4v) is 3.14. The summed E-state index contributed by atoms with van der Waals surface area (Å²) in [5.41, 5.74) is 0.811. The summed E-state index contributed by atoms with van der Waals surface area (Å²) >= 11 is 5.65. The van der Waals surface area contributed by atoms with Crippen molar-refractivity contribution < 1.29 is 12.8 Å². The molecule has 118 valence electrons. The van der Waals surface area contributed by atoms with E-state index in [-0.39, 0.29) is 21.0 Å². The van der Waals surface area contributed by atoms with Gasteiger partial charge in [0, 0.05) is 5.02 Å². The van der Waals surface area contributed by atoms with E-state index in [1.165, 1.54) is 24.3 Å². The fraction of sp³-hybridized carbons (Fsp3) is 0.250. The molecular formula is C16H17ClFNO2S. The van der Waals surface area contributed by atoms with Crippen LogP contribution in [0.25, 0.3) is 0 Å². The second-order valence-electron chi connectivity index (χ2n) is 6.00. The Kier molecular flexibility index (Phi) is 4.49. The smallest absolute Gasteiger partial charge is 0.261 e. The molecule has 0 radical (unpaired) electrons. The molecule has 0 bridgehead atoms. The summed E-state index contributed by atoms with van der Waals surface area (Å²) in [5.74, 6) is -0.720. The SMILES string of the molecule is CC(C)(C)c1ccc(S(=O)(=O)Nc2ccc(Cl)cc2F)cc1. The largest absolute Gasteiger partial charge is 0.277 e. The lowest BCUT2D eigenvalue weighted by Gasteiger charge is -2.19. The summed E-state index contributed by atoms with van der Waals surface area (Å²) in [6, 6.07) is 10.3. The molecule has 0 saturated carbocycles. The molecule has 0 unspecified atom stereocenters. The van der Waals surface area contributed by atoms with E-state index < -0.39 is 15.8 Å². The first-order chi connectivity index (χ1) is 10.1. The Balaban J connectivity index is 2.31. The van der Waals surface area contributed by atoms with Crippen molar-refractivity contribution in [2.75, 3.05) is 4.72 Å². The highest BCUT2D eigenvalue weighted by Gasteiger charge is 2.18. The molecule has 0 spiro atoms. The predicted molar refractivity (Wildman–Crippen MR) is 87.4 cm³/mol. The summed E-state index contributed by atoms with van der Waals surface area (Å²) < 4.78 is 40.5. The molecule has 0 aliphatic rings. The van der Waals surface area contributed by atoms with Gasteiger partial charge in [0.05, 0.1) is 10.6 Å². The van der Waals surface area contributed by atoms with Crippen LogP contribution in [0.3, 0.4) is 0 Å². The highest BCUT2D eigenvalue weighted by molar-refractivity contribution is 7.92. The normalized spacial score (nSPS) is 12.2. The monoisotopic (exact) mass is 341 g/mol. The zero-order valence-electron chi connectivity index (χ0n) is 12.5. The molecule has 0 fully saturated rings. The van der Waals surface area contributed by atoms with Crippen molar-refractivity contribution in [1.29, 1.82) is 0 Å². The maximum Gasteiger partial charge on any atom is 0.261 e. The maximum atomic E-state index is 13.7. The minimum absolute atomic E-state index is 0.0714. The molecule has 0 atom stereocenters. The van der Waals surface area contributed by atoms with Gasteiger partial charge in [0.25, 0.3) is 10.0 Å². The number of hydrogen-bond acceptors (Lipinski definition) is 2. The van der Waals surface area contributed by atoms with Gasteiger partial charge in [-0.15, -0.1) is 0 Å². The van der Waals surface area contributed by atoms with Gasteiger partial charge in [-0.3, -0.25) is 4.72 Å². The van der Waals surface area contributed by atoms with Crippen LogP contribution in [-0.4, -0.2) is 8.42 Å². The minimum atomic E-state index is -3.84. The summed E-state index contributed by atoms with van der Waals surface area (Å²) in [5, 5.41) is 0.204. The molecule has 0 aliphatic carbocycles. The molecule has 0 aliphatic heterocycles. The number of hydrogen-bond donors (Lipinski definition) is 1. The van der Waals surface area contributed by atoms with Crippen molar-refractivity contribution in [2.24, 2.45) is 0 Å². The van der Waals surface area contributed by atoms with Crippen LogP contribution in [0.5, 0.6) is 0 Å². The molecule has 1 N–H and O–H groups in total.